The predicted molar refractivity (Wildman–Crippen MR) is 77.3 cm³/mol. The Morgan fingerprint density at radius 2 is 1.90 bits per heavy atom. The average Bonchev–Trinajstić information content (AvgIpc) is 2.49. The molecule has 0 aromatic heterocycles. The Kier molecular flexibility index (Phi) is 4.74. The Labute approximate surface area is 128 Å². The van der Waals surface area contributed by atoms with Crippen LogP contribution in [-0.4, -0.2) is 11.0 Å². The van der Waals surface area contributed by atoms with Crippen molar-refractivity contribution in [1.82, 2.24) is 0 Å². The molecule has 0 amide bonds. The van der Waals surface area contributed by atoms with Crippen molar-refractivity contribution in [1.29, 1.82) is 0 Å². The van der Waals surface area contributed by atoms with Gasteiger partial charge in [0, 0.05) is 10.0 Å². The highest BCUT2D eigenvalue weighted by Crippen LogP contribution is 2.26. The van der Waals surface area contributed by atoms with Crippen LogP contribution in [0.1, 0.15) is 11.1 Å². The molecule has 0 saturated heterocycles. The van der Waals surface area contributed by atoms with Gasteiger partial charge >= 0.3 is 0 Å². The molecule has 0 unspecified atom stereocenters. The average molecular weight is 357 g/mol. The second-order valence-electron chi connectivity index (χ2n) is 4.17. The molecule has 2 aromatic carbocycles. The molecule has 7 heteroatoms. The summed E-state index contributed by atoms with van der Waals surface area (Å²) in [7, 11) is 0. The monoisotopic (exact) mass is 356 g/mol. The lowest BCUT2D eigenvalue weighted by Gasteiger charge is -2.09. The van der Waals surface area contributed by atoms with Crippen molar-refractivity contribution in [2.24, 2.45) is 10.9 Å². The predicted octanol–water partition coefficient (Wildman–Crippen LogP) is 3.40. The normalized spacial score (nSPS) is 11.5. The van der Waals surface area contributed by atoms with Gasteiger partial charge in [0.05, 0.1) is 0 Å². The van der Waals surface area contributed by atoms with Crippen molar-refractivity contribution < 1.29 is 18.7 Å². The lowest BCUT2D eigenvalue weighted by Crippen LogP contribution is -2.12. The van der Waals surface area contributed by atoms with E-state index >= 15 is 0 Å². The Balaban J connectivity index is 2.10. The van der Waals surface area contributed by atoms with E-state index in [1.165, 1.54) is 6.07 Å². The van der Waals surface area contributed by atoms with Gasteiger partial charge in [0.25, 0.3) is 0 Å². The van der Waals surface area contributed by atoms with Crippen molar-refractivity contribution in [2.75, 3.05) is 0 Å². The van der Waals surface area contributed by atoms with Crippen LogP contribution in [0.3, 0.4) is 0 Å². The van der Waals surface area contributed by atoms with Crippen LogP contribution >= 0.6 is 15.9 Å². The van der Waals surface area contributed by atoms with Crippen molar-refractivity contribution in [3.05, 3.63) is 63.6 Å². The van der Waals surface area contributed by atoms with E-state index in [9.17, 15) is 8.78 Å². The minimum absolute atomic E-state index is 0.0115. The van der Waals surface area contributed by atoms with Crippen LogP contribution < -0.4 is 10.5 Å². The summed E-state index contributed by atoms with van der Waals surface area (Å²) in [5, 5.41) is 11.4. The summed E-state index contributed by atoms with van der Waals surface area (Å²) in [6, 6.07) is 8.99. The molecule has 21 heavy (non-hydrogen) atoms. The van der Waals surface area contributed by atoms with E-state index in [0.717, 1.165) is 11.6 Å². The van der Waals surface area contributed by atoms with Gasteiger partial charge in [0.15, 0.2) is 17.4 Å². The van der Waals surface area contributed by atoms with Gasteiger partial charge in [-0.2, -0.15) is 4.39 Å². The van der Waals surface area contributed by atoms with Gasteiger partial charge in [-0.15, -0.1) is 0 Å². The van der Waals surface area contributed by atoms with Crippen LogP contribution in [0.5, 0.6) is 5.75 Å². The SMILES string of the molecule is N/C(=N/O)c1ccc(COc2cc(Br)cc(F)c2F)cc1. The number of ether oxygens (including phenoxy) is 1. The topological polar surface area (TPSA) is 67.8 Å². The number of oxime groups is 1. The van der Waals surface area contributed by atoms with Gasteiger partial charge < -0.3 is 15.7 Å². The van der Waals surface area contributed by atoms with Gasteiger partial charge in [-0.1, -0.05) is 45.4 Å². The Bertz CT molecular complexity index is 675. The van der Waals surface area contributed by atoms with E-state index in [-0.39, 0.29) is 18.2 Å². The van der Waals surface area contributed by atoms with Crippen molar-refractivity contribution in [3.63, 3.8) is 0 Å². The molecule has 3 N–H and O–H groups in total. The maximum atomic E-state index is 13.5. The quantitative estimate of drug-likeness (QED) is 0.290. The van der Waals surface area contributed by atoms with E-state index in [1.54, 1.807) is 24.3 Å². The molecule has 0 spiro atoms. The van der Waals surface area contributed by atoms with E-state index < -0.39 is 11.6 Å². The molecule has 110 valence electrons. The van der Waals surface area contributed by atoms with Gasteiger partial charge in [0.2, 0.25) is 5.82 Å². The number of rotatable bonds is 4. The second-order valence-corrected chi connectivity index (χ2v) is 5.09. The molecule has 0 atom stereocenters. The molecule has 0 fully saturated rings. The van der Waals surface area contributed by atoms with E-state index in [4.69, 9.17) is 15.7 Å². The van der Waals surface area contributed by atoms with Crippen LogP contribution in [0.4, 0.5) is 8.78 Å². The first-order valence-electron chi connectivity index (χ1n) is 5.85. The number of halogens is 3. The summed E-state index contributed by atoms with van der Waals surface area (Å²) in [6.45, 7) is 0.0588. The smallest absolute Gasteiger partial charge is 0.200 e. The summed E-state index contributed by atoms with van der Waals surface area (Å²) in [5.74, 6) is -2.21. The number of nitrogens with zero attached hydrogens (tertiary/aromatic N) is 1. The lowest BCUT2D eigenvalue weighted by atomic mass is 10.1. The Morgan fingerprint density at radius 3 is 2.52 bits per heavy atom. The zero-order valence-electron chi connectivity index (χ0n) is 10.7. The fourth-order valence-electron chi connectivity index (χ4n) is 1.63. The van der Waals surface area contributed by atoms with Crippen LogP contribution in [0.25, 0.3) is 0 Å². The van der Waals surface area contributed by atoms with Crippen molar-refractivity contribution in [3.8, 4) is 5.75 Å². The molecule has 2 aromatic rings. The molecule has 0 heterocycles. The molecule has 0 aliphatic rings. The van der Waals surface area contributed by atoms with Crippen molar-refractivity contribution >= 4 is 21.8 Å². The third-order valence-electron chi connectivity index (χ3n) is 2.71. The summed E-state index contributed by atoms with van der Waals surface area (Å²) >= 11 is 3.07. The standard InChI is InChI=1S/C14H11BrF2N2O2/c15-10-5-11(16)13(17)12(6-10)21-7-8-1-3-9(4-2-8)14(18)19-20/h1-6,20H,7H2,(H2,18,19). The van der Waals surface area contributed by atoms with Gasteiger partial charge in [-0.05, 0) is 17.7 Å². The second kappa shape index (κ2) is 6.53. The first kappa shape index (κ1) is 15.2. The Morgan fingerprint density at radius 1 is 1.24 bits per heavy atom. The highest BCUT2D eigenvalue weighted by Gasteiger charge is 2.11. The molecule has 0 bridgehead atoms. The minimum atomic E-state index is -1.04. The molecular formula is C14H11BrF2N2O2. The van der Waals surface area contributed by atoms with Crippen molar-refractivity contribution in [2.45, 2.75) is 6.61 Å². The molecular weight excluding hydrogens is 346 g/mol. The first-order valence-corrected chi connectivity index (χ1v) is 6.64. The van der Waals surface area contributed by atoms with Crippen LogP contribution in [0.2, 0.25) is 0 Å². The van der Waals surface area contributed by atoms with Crippen LogP contribution in [-0.2, 0) is 6.61 Å². The fourth-order valence-corrected chi connectivity index (χ4v) is 2.04. The van der Waals surface area contributed by atoms with Gasteiger partial charge in [-0.25, -0.2) is 4.39 Å². The number of hydrogen-bond donors (Lipinski definition) is 2. The molecule has 0 aliphatic heterocycles. The molecule has 0 radical (unpaired) electrons. The fraction of sp³-hybridized carbons (Fsp3) is 0.0714. The van der Waals surface area contributed by atoms with E-state index in [1.807, 2.05) is 0 Å². The Hall–Kier alpha value is -2.15. The molecule has 0 aliphatic carbocycles. The van der Waals surface area contributed by atoms with Crippen LogP contribution in [0, 0.1) is 11.6 Å². The van der Waals surface area contributed by atoms with E-state index in [2.05, 4.69) is 21.1 Å². The summed E-state index contributed by atoms with van der Waals surface area (Å²) in [4.78, 5) is 0. The highest BCUT2D eigenvalue weighted by atomic mass is 79.9. The number of hydrogen-bond acceptors (Lipinski definition) is 3. The number of nitrogens with two attached hydrogens (primary N) is 1. The highest BCUT2D eigenvalue weighted by molar-refractivity contribution is 9.10. The minimum Gasteiger partial charge on any atom is -0.486 e. The molecule has 0 saturated carbocycles. The zero-order valence-corrected chi connectivity index (χ0v) is 12.3. The zero-order chi connectivity index (χ0) is 15.4. The maximum absolute atomic E-state index is 13.5. The third kappa shape index (κ3) is 3.69. The molecule has 2 rings (SSSR count). The summed E-state index contributed by atoms with van der Waals surface area (Å²) < 4.78 is 32.4. The number of benzene rings is 2. The number of amidine groups is 1. The van der Waals surface area contributed by atoms with Gasteiger partial charge in [0.1, 0.15) is 6.61 Å². The largest absolute Gasteiger partial charge is 0.486 e. The first-order chi connectivity index (χ1) is 10.0. The summed E-state index contributed by atoms with van der Waals surface area (Å²) in [5.41, 5.74) is 6.70. The van der Waals surface area contributed by atoms with Crippen LogP contribution in [0.15, 0.2) is 46.0 Å². The maximum Gasteiger partial charge on any atom is 0.200 e. The van der Waals surface area contributed by atoms with Gasteiger partial charge in [-0.3, -0.25) is 0 Å². The lowest BCUT2D eigenvalue weighted by molar-refractivity contribution is 0.284. The third-order valence-corrected chi connectivity index (χ3v) is 3.17. The molecule has 4 nitrogen and oxygen atoms in total. The van der Waals surface area contributed by atoms with E-state index in [0.29, 0.717) is 10.0 Å². The summed E-state index contributed by atoms with van der Waals surface area (Å²) in [6.07, 6.45) is 0.